The molecular formula is C20H16ClFO5. The quantitative estimate of drug-likeness (QED) is 0.561. The van der Waals surface area contributed by atoms with Gasteiger partial charge < -0.3 is 14.2 Å². The van der Waals surface area contributed by atoms with Crippen LogP contribution in [0.2, 0.25) is 5.02 Å². The highest BCUT2D eigenvalue weighted by Gasteiger charge is 2.30. The lowest BCUT2D eigenvalue weighted by Gasteiger charge is -2.10. The van der Waals surface area contributed by atoms with Crippen molar-refractivity contribution in [2.75, 3.05) is 13.2 Å². The van der Waals surface area contributed by atoms with Crippen LogP contribution in [0.1, 0.15) is 28.4 Å². The first-order valence-electron chi connectivity index (χ1n) is 8.22. The van der Waals surface area contributed by atoms with E-state index in [1.165, 1.54) is 30.3 Å². The summed E-state index contributed by atoms with van der Waals surface area (Å²) in [7, 11) is 0. The van der Waals surface area contributed by atoms with Crippen molar-refractivity contribution in [2.45, 2.75) is 13.8 Å². The molecule has 0 aliphatic carbocycles. The number of Topliss-reactive ketones (excluding diaryl/α,β-unsaturated/α-hetero) is 1. The molecule has 0 atom stereocenters. The topological polar surface area (TPSA) is 61.8 Å². The summed E-state index contributed by atoms with van der Waals surface area (Å²) in [6.45, 7) is 3.41. The molecule has 1 heterocycles. The van der Waals surface area contributed by atoms with Crippen LogP contribution in [0, 0.1) is 12.7 Å². The van der Waals surface area contributed by atoms with Crippen molar-refractivity contribution in [1.82, 2.24) is 0 Å². The number of carbonyl (C=O) groups is 2. The van der Waals surface area contributed by atoms with Gasteiger partial charge in [0, 0.05) is 11.1 Å². The predicted octanol–water partition coefficient (Wildman–Crippen LogP) is 4.35. The summed E-state index contributed by atoms with van der Waals surface area (Å²) in [5, 5.41) is 0.171. The number of hydrogen-bond donors (Lipinski definition) is 0. The van der Waals surface area contributed by atoms with E-state index >= 15 is 0 Å². The minimum absolute atomic E-state index is 0.0392. The maximum atomic E-state index is 14.0. The summed E-state index contributed by atoms with van der Waals surface area (Å²) in [6.07, 6.45) is 1.28. The standard InChI is InChI=1S/C20H16ClFO5/c1-3-25-18(23)10-26-16-8-7-12-19(24)17(27-20(12)11(16)2)9-13-14(21)5-4-6-15(13)22/h4-9H,3,10H2,1-2H3/b17-9-. The Bertz CT molecular complexity index is 931. The summed E-state index contributed by atoms with van der Waals surface area (Å²) in [4.78, 5) is 24.0. The van der Waals surface area contributed by atoms with E-state index in [1.807, 2.05) is 0 Å². The number of benzene rings is 2. The van der Waals surface area contributed by atoms with Crippen molar-refractivity contribution >= 4 is 29.4 Å². The summed E-state index contributed by atoms with van der Waals surface area (Å²) < 4.78 is 29.9. The Labute approximate surface area is 160 Å². The third kappa shape index (κ3) is 3.80. The van der Waals surface area contributed by atoms with Crippen molar-refractivity contribution < 1.29 is 28.2 Å². The molecule has 140 valence electrons. The van der Waals surface area contributed by atoms with E-state index in [9.17, 15) is 14.0 Å². The number of carbonyl (C=O) groups excluding carboxylic acids is 2. The minimum Gasteiger partial charge on any atom is -0.481 e. The average molecular weight is 391 g/mol. The molecule has 3 rings (SSSR count). The molecule has 0 spiro atoms. The summed E-state index contributed by atoms with van der Waals surface area (Å²) in [5.74, 6) is -0.784. The Balaban J connectivity index is 1.88. The number of ether oxygens (including phenoxy) is 3. The molecule has 0 aromatic heterocycles. The third-order valence-electron chi connectivity index (χ3n) is 3.96. The number of allylic oxidation sites excluding steroid dienone is 1. The second kappa shape index (κ2) is 7.80. The first-order chi connectivity index (χ1) is 12.9. The molecule has 0 unspecified atom stereocenters. The summed E-state index contributed by atoms with van der Waals surface area (Å²) in [6, 6.07) is 7.36. The fourth-order valence-corrected chi connectivity index (χ4v) is 2.86. The van der Waals surface area contributed by atoms with Gasteiger partial charge in [-0.1, -0.05) is 17.7 Å². The van der Waals surface area contributed by atoms with Crippen LogP contribution in [0.25, 0.3) is 6.08 Å². The highest BCUT2D eigenvalue weighted by molar-refractivity contribution is 6.32. The van der Waals surface area contributed by atoms with Gasteiger partial charge in [-0.3, -0.25) is 4.79 Å². The number of halogens is 2. The van der Waals surface area contributed by atoms with E-state index in [1.54, 1.807) is 19.9 Å². The van der Waals surface area contributed by atoms with Crippen molar-refractivity contribution in [2.24, 2.45) is 0 Å². The third-order valence-corrected chi connectivity index (χ3v) is 4.29. The van der Waals surface area contributed by atoms with Crippen molar-refractivity contribution in [3.63, 3.8) is 0 Å². The SMILES string of the molecule is CCOC(=O)COc1ccc2c(c1C)O/C(=C\c1c(F)cccc1Cl)C2=O. The molecule has 1 aliphatic rings. The van der Waals surface area contributed by atoms with E-state index < -0.39 is 11.8 Å². The molecule has 2 aromatic carbocycles. The van der Waals surface area contributed by atoms with Gasteiger partial charge in [-0.15, -0.1) is 0 Å². The number of rotatable bonds is 5. The van der Waals surface area contributed by atoms with E-state index in [2.05, 4.69) is 0 Å². The summed E-state index contributed by atoms with van der Waals surface area (Å²) in [5.41, 5.74) is 0.953. The lowest BCUT2D eigenvalue weighted by atomic mass is 10.1. The monoisotopic (exact) mass is 390 g/mol. The van der Waals surface area contributed by atoms with Crippen LogP contribution in [0.5, 0.6) is 11.5 Å². The maximum absolute atomic E-state index is 14.0. The van der Waals surface area contributed by atoms with Crippen LogP contribution >= 0.6 is 11.6 Å². The molecule has 0 amide bonds. The number of ketones is 1. The molecule has 0 fully saturated rings. The smallest absolute Gasteiger partial charge is 0.344 e. The highest BCUT2D eigenvalue weighted by Crippen LogP contribution is 2.39. The molecule has 27 heavy (non-hydrogen) atoms. The Kier molecular flexibility index (Phi) is 5.46. The molecule has 2 aromatic rings. The van der Waals surface area contributed by atoms with Gasteiger partial charge in [0.2, 0.25) is 5.78 Å². The Morgan fingerprint density at radius 1 is 1.30 bits per heavy atom. The zero-order valence-electron chi connectivity index (χ0n) is 14.7. The second-order valence-corrected chi connectivity index (χ2v) is 6.14. The number of esters is 1. The van der Waals surface area contributed by atoms with Crippen molar-refractivity contribution in [3.05, 3.63) is 63.6 Å². The van der Waals surface area contributed by atoms with Crippen molar-refractivity contribution in [3.8, 4) is 11.5 Å². The van der Waals surface area contributed by atoms with Gasteiger partial charge in [0.05, 0.1) is 17.2 Å². The summed E-state index contributed by atoms with van der Waals surface area (Å²) >= 11 is 6.00. The van der Waals surface area contributed by atoms with E-state index in [0.717, 1.165) is 0 Å². The molecule has 5 nitrogen and oxygen atoms in total. The predicted molar refractivity (Wildman–Crippen MR) is 97.7 cm³/mol. The van der Waals surface area contributed by atoms with Gasteiger partial charge in [0.15, 0.2) is 12.4 Å². The van der Waals surface area contributed by atoms with Gasteiger partial charge in [-0.25, -0.2) is 9.18 Å². The van der Waals surface area contributed by atoms with Crippen LogP contribution in [0.15, 0.2) is 36.1 Å². The van der Waals surface area contributed by atoms with Gasteiger partial charge >= 0.3 is 5.97 Å². The van der Waals surface area contributed by atoms with Crippen LogP contribution in [0.3, 0.4) is 0 Å². The Hall–Kier alpha value is -2.86. The number of hydrogen-bond acceptors (Lipinski definition) is 5. The first-order valence-corrected chi connectivity index (χ1v) is 8.60. The first kappa shape index (κ1) is 18.9. The molecule has 7 heteroatoms. The molecule has 0 radical (unpaired) electrons. The molecule has 0 N–H and O–H groups in total. The zero-order chi connectivity index (χ0) is 19.6. The average Bonchev–Trinajstić information content (AvgIpc) is 2.95. The van der Waals surface area contributed by atoms with Gasteiger partial charge in [-0.05, 0) is 44.2 Å². The molecule has 1 aliphatic heterocycles. The fourth-order valence-electron chi connectivity index (χ4n) is 2.64. The normalized spacial score (nSPS) is 14.1. The van der Waals surface area contributed by atoms with Gasteiger partial charge in [0.25, 0.3) is 0 Å². The maximum Gasteiger partial charge on any atom is 0.344 e. The van der Waals surface area contributed by atoms with Gasteiger partial charge in [0.1, 0.15) is 17.3 Å². The molecule has 0 saturated heterocycles. The fraction of sp³-hybridized carbons (Fsp3) is 0.200. The lowest BCUT2D eigenvalue weighted by molar-refractivity contribution is -0.145. The second-order valence-electron chi connectivity index (χ2n) is 5.73. The minimum atomic E-state index is -0.558. The lowest BCUT2D eigenvalue weighted by Crippen LogP contribution is -2.15. The molecule has 0 bridgehead atoms. The van der Waals surface area contributed by atoms with Crippen LogP contribution in [0.4, 0.5) is 4.39 Å². The number of fused-ring (bicyclic) bond motifs is 1. The molecule has 0 saturated carbocycles. The molecular weight excluding hydrogens is 375 g/mol. The van der Waals surface area contributed by atoms with Gasteiger partial charge in [-0.2, -0.15) is 0 Å². The van der Waals surface area contributed by atoms with Crippen LogP contribution < -0.4 is 9.47 Å². The largest absolute Gasteiger partial charge is 0.481 e. The zero-order valence-corrected chi connectivity index (χ0v) is 15.4. The van der Waals surface area contributed by atoms with E-state index in [-0.39, 0.29) is 35.3 Å². The Morgan fingerprint density at radius 3 is 2.78 bits per heavy atom. The Morgan fingerprint density at radius 2 is 2.07 bits per heavy atom. The highest BCUT2D eigenvalue weighted by atomic mass is 35.5. The van der Waals surface area contributed by atoms with Crippen LogP contribution in [-0.4, -0.2) is 25.0 Å². The van der Waals surface area contributed by atoms with E-state index in [0.29, 0.717) is 22.6 Å². The van der Waals surface area contributed by atoms with Crippen molar-refractivity contribution in [1.29, 1.82) is 0 Å². The van der Waals surface area contributed by atoms with E-state index in [4.69, 9.17) is 25.8 Å². The van der Waals surface area contributed by atoms with Crippen LogP contribution in [-0.2, 0) is 9.53 Å².